The minimum atomic E-state index is -0.776. The number of hydrogen-bond donors (Lipinski definition) is 0. The van der Waals surface area contributed by atoms with Crippen LogP contribution in [-0.4, -0.2) is 10.9 Å². The highest BCUT2D eigenvalue weighted by atomic mass is 32.2. The van der Waals surface area contributed by atoms with Crippen LogP contribution in [-0.2, 0) is 10.2 Å². The van der Waals surface area contributed by atoms with E-state index in [9.17, 15) is 10.1 Å². The molecule has 3 heteroatoms. The standard InChI is InChI=1S/C15H17NOS/c1-3-10-15(12-16,11-14(17)18-4-2)13-8-6-5-7-9-13/h3,5-9H,1,4,10-11H2,2H3. The van der Waals surface area contributed by atoms with Crippen LogP contribution in [0.3, 0.4) is 0 Å². The van der Waals surface area contributed by atoms with Gasteiger partial charge in [-0.1, -0.05) is 55.1 Å². The van der Waals surface area contributed by atoms with Crippen LogP contribution < -0.4 is 0 Å². The van der Waals surface area contributed by atoms with E-state index in [-0.39, 0.29) is 11.5 Å². The van der Waals surface area contributed by atoms with E-state index in [1.165, 1.54) is 11.8 Å². The first-order valence-electron chi connectivity index (χ1n) is 5.92. The molecule has 0 aliphatic carbocycles. The Morgan fingerprint density at radius 3 is 2.67 bits per heavy atom. The Labute approximate surface area is 113 Å². The van der Waals surface area contributed by atoms with Crippen molar-refractivity contribution in [3.8, 4) is 6.07 Å². The van der Waals surface area contributed by atoms with Crippen molar-refractivity contribution in [3.05, 3.63) is 48.6 Å². The molecule has 1 aromatic rings. The zero-order valence-corrected chi connectivity index (χ0v) is 11.4. The van der Waals surface area contributed by atoms with Crippen LogP contribution in [0.1, 0.15) is 25.3 Å². The SMILES string of the molecule is C=CCC(C#N)(CC(=O)SCC)c1ccccc1. The molecule has 2 nitrogen and oxygen atoms in total. The molecule has 1 atom stereocenters. The number of rotatable bonds is 6. The molecule has 0 N–H and O–H groups in total. The largest absolute Gasteiger partial charge is 0.287 e. The molecule has 1 aromatic carbocycles. The average Bonchev–Trinajstić information content (AvgIpc) is 2.39. The summed E-state index contributed by atoms with van der Waals surface area (Å²) in [5.41, 5.74) is 0.111. The van der Waals surface area contributed by atoms with E-state index in [4.69, 9.17) is 0 Å². The fourth-order valence-electron chi connectivity index (χ4n) is 1.90. The molecule has 0 amide bonds. The Bertz CT molecular complexity index is 449. The van der Waals surface area contributed by atoms with Crippen LogP contribution in [0.2, 0.25) is 0 Å². The van der Waals surface area contributed by atoms with Crippen molar-refractivity contribution >= 4 is 16.9 Å². The zero-order chi connectivity index (χ0) is 13.4. The number of allylic oxidation sites excluding steroid dienone is 1. The molecule has 0 radical (unpaired) electrons. The molecule has 1 rings (SSSR count). The number of carbonyl (C=O) groups is 1. The van der Waals surface area contributed by atoms with E-state index in [2.05, 4.69) is 12.6 Å². The van der Waals surface area contributed by atoms with E-state index in [1.54, 1.807) is 6.08 Å². The summed E-state index contributed by atoms with van der Waals surface area (Å²) in [4.78, 5) is 11.8. The lowest BCUT2D eigenvalue weighted by atomic mass is 9.76. The summed E-state index contributed by atoms with van der Waals surface area (Å²) in [6, 6.07) is 11.8. The van der Waals surface area contributed by atoms with E-state index in [1.807, 2.05) is 37.3 Å². The number of nitrogens with zero attached hydrogens (tertiary/aromatic N) is 1. The fourth-order valence-corrected chi connectivity index (χ4v) is 2.57. The molecule has 0 bridgehead atoms. The zero-order valence-electron chi connectivity index (χ0n) is 10.6. The minimum Gasteiger partial charge on any atom is -0.287 e. The van der Waals surface area contributed by atoms with Gasteiger partial charge < -0.3 is 0 Å². The van der Waals surface area contributed by atoms with Crippen molar-refractivity contribution in [2.24, 2.45) is 0 Å². The van der Waals surface area contributed by atoms with Gasteiger partial charge in [0.05, 0.1) is 11.5 Å². The molecule has 0 aliphatic rings. The lowest BCUT2D eigenvalue weighted by molar-refractivity contribution is -0.111. The van der Waals surface area contributed by atoms with Crippen LogP contribution in [0.15, 0.2) is 43.0 Å². The normalized spacial score (nSPS) is 13.3. The van der Waals surface area contributed by atoms with Crippen LogP contribution in [0, 0.1) is 11.3 Å². The number of hydrogen-bond acceptors (Lipinski definition) is 3. The highest BCUT2D eigenvalue weighted by Crippen LogP contribution is 2.33. The molecular weight excluding hydrogens is 242 g/mol. The maximum absolute atomic E-state index is 11.8. The van der Waals surface area contributed by atoms with Crippen molar-refractivity contribution in [1.82, 2.24) is 0 Å². The van der Waals surface area contributed by atoms with Gasteiger partial charge in [-0.05, 0) is 17.7 Å². The van der Waals surface area contributed by atoms with Crippen LogP contribution in [0.5, 0.6) is 0 Å². The molecule has 18 heavy (non-hydrogen) atoms. The van der Waals surface area contributed by atoms with Gasteiger partial charge in [0.2, 0.25) is 0 Å². The second-order valence-corrected chi connectivity index (χ2v) is 5.36. The minimum absolute atomic E-state index is 0.0600. The Kier molecular flexibility index (Phi) is 5.67. The van der Waals surface area contributed by atoms with E-state index in [0.29, 0.717) is 6.42 Å². The smallest absolute Gasteiger partial charge is 0.190 e. The number of thioether (sulfide) groups is 1. The summed E-state index contributed by atoms with van der Waals surface area (Å²) in [5.74, 6) is 0.739. The van der Waals surface area contributed by atoms with Gasteiger partial charge in [0.25, 0.3) is 0 Å². The fraction of sp³-hybridized carbons (Fsp3) is 0.333. The van der Waals surface area contributed by atoms with Gasteiger partial charge in [-0.2, -0.15) is 5.26 Å². The monoisotopic (exact) mass is 259 g/mol. The van der Waals surface area contributed by atoms with Crippen LogP contribution >= 0.6 is 11.8 Å². The Balaban J connectivity index is 3.06. The molecule has 0 spiro atoms. The van der Waals surface area contributed by atoms with Gasteiger partial charge in [0.1, 0.15) is 0 Å². The third-order valence-electron chi connectivity index (χ3n) is 2.78. The van der Waals surface area contributed by atoms with Gasteiger partial charge in [-0.15, -0.1) is 6.58 Å². The molecule has 0 saturated heterocycles. The Morgan fingerprint density at radius 2 is 2.17 bits per heavy atom. The molecule has 0 aromatic heterocycles. The molecular formula is C15H17NOS. The van der Waals surface area contributed by atoms with Crippen molar-refractivity contribution in [2.75, 3.05) is 5.75 Å². The second-order valence-electron chi connectivity index (χ2n) is 4.03. The summed E-state index contributed by atoms with van der Waals surface area (Å²) < 4.78 is 0. The van der Waals surface area contributed by atoms with Crippen LogP contribution in [0.4, 0.5) is 0 Å². The maximum atomic E-state index is 11.8. The van der Waals surface area contributed by atoms with Crippen molar-refractivity contribution in [1.29, 1.82) is 5.26 Å². The first-order chi connectivity index (χ1) is 8.68. The quantitative estimate of drug-likeness (QED) is 0.731. The van der Waals surface area contributed by atoms with Gasteiger partial charge in [-0.25, -0.2) is 0 Å². The van der Waals surface area contributed by atoms with Crippen LogP contribution in [0.25, 0.3) is 0 Å². The molecule has 94 valence electrons. The summed E-state index contributed by atoms with van der Waals surface area (Å²) in [5, 5.41) is 9.58. The summed E-state index contributed by atoms with van der Waals surface area (Å²) in [6.07, 6.45) is 2.43. The van der Waals surface area contributed by atoms with Crippen molar-refractivity contribution < 1.29 is 4.79 Å². The third-order valence-corrected chi connectivity index (χ3v) is 3.54. The van der Waals surface area contributed by atoms with Gasteiger partial charge in [0.15, 0.2) is 5.12 Å². The molecule has 0 heterocycles. The maximum Gasteiger partial charge on any atom is 0.190 e. The highest BCUT2D eigenvalue weighted by Gasteiger charge is 2.33. The van der Waals surface area contributed by atoms with E-state index in [0.717, 1.165) is 11.3 Å². The number of nitriles is 1. The molecule has 0 aliphatic heterocycles. The van der Waals surface area contributed by atoms with Crippen molar-refractivity contribution in [3.63, 3.8) is 0 Å². The summed E-state index contributed by atoms with van der Waals surface area (Å²) in [7, 11) is 0. The molecule has 0 fully saturated rings. The lowest BCUT2D eigenvalue weighted by Gasteiger charge is -2.24. The number of carbonyl (C=O) groups excluding carboxylic acids is 1. The molecule has 1 unspecified atom stereocenters. The summed E-state index contributed by atoms with van der Waals surface area (Å²) >= 11 is 1.27. The van der Waals surface area contributed by atoms with Gasteiger partial charge >= 0.3 is 0 Å². The average molecular weight is 259 g/mol. The molecule has 0 saturated carbocycles. The Hall–Kier alpha value is -1.53. The predicted molar refractivity (Wildman–Crippen MR) is 76.3 cm³/mol. The highest BCUT2D eigenvalue weighted by molar-refractivity contribution is 8.13. The van der Waals surface area contributed by atoms with E-state index < -0.39 is 5.41 Å². The van der Waals surface area contributed by atoms with E-state index >= 15 is 0 Å². The number of benzene rings is 1. The topological polar surface area (TPSA) is 40.9 Å². The first kappa shape index (κ1) is 14.5. The predicted octanol–water partition coefficient (Wildman–Crippen LogP) is 3.69. The third kappa shape index (κ3) is 3.48. The van der Waals surface area contributed by atoms with Gasteiger partial charge in [-0.3, -0.25) is 4.79 Å². The lowest BCUT2D eigenvalue weighted by Crippen LogP contribution is -2.26. The second kappa shape index (κ2) is 7.03. The van der Waals surface area contributed by atoms with Crippen molar-refractivity contribution in [2.45, 2.75) is 25.2 Å². The Morgan fingerprint density at radius 1 is 1.50 bits per heavy atom. The first-order valence-corrected chi connectivity index (χ1v) is 6.90. The summed E-state index contributed by atoms with van der Waals surface area (Å²) in [6.45, 7) is 5.64. The van der Waals surface area contributed by atoms with Gasteiger partial charge in [0, 0.05) is 6.42 Å².